The molecule has 10 N–H and O–H groups in total. The molecule has 1 heterocycles. The van der Waals surface area contributed by atoms with Crippen molar-refractivity contribution in [2.45, 2.75) is 56.3 Å². The van der Waals surface area contributed by atoms with E-state index in [2.05, 4.69) is 20.9 Å². The minimum Gasteiger partial charge on any atom is -0.480 e. The number of para-hydroxylation sites is 1. The summed E-state index contributed by atoms with van der Waals surface area (Å²) in [6, 6.07) is 2.85. The van der Waals surface area contributed by atoms with Gasteiger partial charge in [-0.05, 0) is 55.9 Å². The third-order valence-electron chi connectivity index (χ3n) is 6.08. The number of benzene rings is 1. The number of thioether (sulfide) groups is 1. The van der Waals surface area contributed by atoms with Crippen molar-refractivity contribution >= 4 is 46.4 Å². The molecule has 4 unspecified atom stereocenters. The fourth-order valence-corrected chi connectivity index (χ4v) is 4.36. The number of aromatic nitrogens is 1. The van der Waals surface area contributed by atoms with Gasteiger partial charge >= 0.3 is 5.97 Å². The molecule has 4 atom stereocenters. The summed E-state index contributed by atoms with van der Waals surface area (Å²) in [7, 11) is 0. The van der Waals surface area contributed by atoms with Crippen molar-refractivity contribution in [2.75, 3.05) is 25.2 Å². The highest BCUT2D eigenvalue weighted by Gasteiger charge is 2.30. The molecule has 0 saturated heterocycles. The van der Waals surface area contributed by atoms with Gasteiger partial charge in [0.05, 0.1) is 12.6 Å². The summed E-state index contributed by atoms with van der Waals surface area (Å²) in [6.07, 6.45) is 5.29. The van der Waals surface area contributed by atoms with Gasteiger partial charge in [-0.25, -0.2) is 4.79 Å². The number of carbonyl (C=O) groups excluding carboxylic acids is 3. The number of hydrogen-bond acceptors (Lipinski definition) is 8. The molecule has 0 aliphatic heterocycles. The molecule has 38 heavy (non-hydrogen) atoms. The van der Waals surface area contributed by atoms with E-state index in [-0.39, 0.29) is 12.8 Å². The zero-order chi connectivity index (χ0) is 28.1. The molecule has 0 saturated carbocycles. The number of nitrogens with two attached hydrogens (primary N) is 2. The SMILES string of the molecule is CSCCC(N)C(=O)NC(CO)C(=O)NC(Cc1c[nH]c2ccccc12)C(=O)NC(CCCCN)C(=O)O. The van der Waals surface area contributed by atoms with Crippen LogP contribution in [0.15, 0.2) is 30.5 Å². The number of amides is 3. The summed E-state index contributed by atoms with van der Waals surface area (Å²) in [5, 5.41) is 27.7. The Morgan fingerprint density at radius 2 is 1.63 bits per heavy atom. The standard InChI is InChI=1S/C25H38N6O6S/c1-38-11-9-17(27)22(33)31-21(14-32)24(35)30-20(12-15-13-28-18-7-3-2-6-16(15)18)23(34)29-19(25(36)37)8-4-5-10-26/h2-3,6-7,13,17,19-21,28,32H,4-5,8-12,14,26-27H2,1H3,(H,29,34)(H,30,35)(H,31,33)(H,36,37). The third kappa shape index (κ3) is 9.31. The van der Waals surface area contributed by atoms with Gasteiger partial charge in [0.2, 0.25) is 17.7 Å². The number of aliphatic hydroxyl groups excluding tert-OH is 1. The molecule has 1 aromatic carbocycles. The number of aliphatic carboxylic acids is 1. The van der Waals surface area contributed by atoms with Crippen LogP contribution in [0, 0.1) is 0 Å². The van der Waals surface area contributed by atoms with Crippen LogP contribution in [-0.4, -0.2) is 88.2 Å². The van der Waals surface area contributed by atoms with E-state index in [9.17, 15) is 29.4 Å². The molecule has 3 amide bonds. The number of carbonyl (C=O) groups is 4. The van der Waals surface area contributed by atoms with Crippen LogP contribution in [0.4, 0.5) is 0 Å². The maximum atomic E-state index is 13.3. The minimum absolute atomic E-state index is 0.0378. The third-order valence-corrected chi connectivity index (χ3v) is 6.72. The second-order valence-corrected chi connectivity index (χ2v) is 9.93. The number of aromatic amines is 1. The Morgan fingerprint density at radius 3 is 2.29 bits per heavy atom. The van der Waals surface area contributed by atoms with Gasteiger partial charge in [0.1, 0.15) is 18.1 Å². The number of carboxylic acid groups (broad SMARTS) is 1. The van der Waals surface area contributed by atoms with Crippen LogP contribution in [0.1, 0.15) is 31.2 Å². The van der Waals surface area contributed by atoms with Crippen LogP contribution in [0.5, 0.6) is 0 Å². The molecule has 0 bridgehead atoms. The van der Waals surface area contributed by atoms with E-state index in [1.807, 2.05) is 30.5 Å². The Balaban J connectivity index is 2.22. The minimum atomic E-state index is -1.35. The first-order valence-electron chi connectivity index (χ1n) is 12.5. The van der Waals surface area contributed by atoms with Crippen molar-refractivity contribution in [3.8, 4) is 0 Å². The highest BCUT2D eigenvalue weighted by Crippen LogP contribution is 2.19. The monoisotopic (exact) mass is 550 g/mol. The van der Waals surface area contributed by atoms with E-state index in [0.717, 1.165) is 16.5 Å². The first-order chi connectivity index (χ1) is 18.2. The van der Waals surface area contributed by atoms with E-state index in [4.69, 9.17) is 11.5 Å². The Hall–Kier alpha value is -3.13. The number of unbranched alkanes of at least 4 members (excludes halogenated alkanes) is 1. The van der Waals surface area contributed by atoms with Crippen molar-refractivity contribution in [1.29, 1.82) is 0 Å². The highest BCUT2D eigenvalue weighted by atomic mass is 32.2. The van der Waals surface area contributed by atoms with Gasteiger partial charge in [-0.2, -0.15) is 11.8 Å². The number of hydrogen-bond donors (Lipinski definition) is 8. The average Bonchev–Trinajstić information content (AvgIpc) is 3.31. The Bertz CT molecular complexity index is 1080. The van der Waals surface area contributed by atoms with Gasteiger partial charge in [-0.1, -0.05) is 18.2 Å². The van der Waals surface area contributed by atoms with E-state index in [1.165, 1.54) is 11.8 Å². The van der Waals surface area contributed by atoms with E-state index in [1.54, 1.807) is 6.20 Å². The highest BCUT2D eigenvalue weighted by molar-refractivity contribution is 7.98. The van der Waals surface area contributed by atoms with Crippen molar-refractivity contribution < 1.29 is 29.4 Å². The van der Waals surface area contributed by atoms with Crippen LogP contribution in [0.3, 0.4) is 0 Å². The van der Waals surface area contributed by atoms with E-state index >= 15 is 0 Å². The second kappa shape index (κ2) is 16.0. The lowest BCUT2D eigenvalue weighted by Gasteiger charge is -2.24. The van der Waals surface area contributed by atoms with Crippen molar-refractivity contribution in [1.82, 2.24) is 20.9 Å². The topological polar surface area (TPSA) is 213 Å². The summed E-state index contributed by atoms with van der Waals surface area (Å²) in [5.74, 6) is -2.66. The van der Waals surface area contributed by atoms with Crippen LogP contribution in [-0.2, 0) is 25.6 Å². The number of carboxylic acids is 1. The Morgan fingerprint density at radius 1 is 0.974 bits per heavy atom. The molecule has 13 heteroatoms. The van der Waals surface area contributed by atoms with Crippen LogP contribution >= 0.6 is 11.8 Å². The Kier molecular flexibility index (Phi) is 13.1. The van der Waals surface area contributed by atoms with Gasteiger partial charge in [-0.3, -0.25) is 14.4 Å². The molecule has 0 aliphatic rings. The van der Waals surface area contributed by atoms with Gasteiger partial charge in [0.25, 0.3) is 0 Å². The quantitative estimate of drug-likeness (QED) is 0.119. The van der Waals surface area contributed by atoms with Gasteiger partial charge in [0.15, 0.2) is 0 Å². The number of aliphatic hydroxyl groups is 1. The number of nitrogens with one attached hydrogen (secondary N) is 4. The first kappa shape index (κ1) is 31.1. The normalized spacial score (nSPS) is 14.3. The van der Waals surface area contributed by atoms with Crippen molar-refractivity contribution in [2.24, 2.45) is 11.5 Å². The fraction of sp³-hybridized carbons (Fsp3) is 0.520. The zero-order valence-corrected chi connectivity index (χ0v) is 22.3. The predicted octanol–water partition coefficient (Wildman–Crippen LogP) is -0.549. The summed E-state index contributed by atoms with van der Waals surface area (Å²) in [4.78, 5) is 53.5. The molecule has 12 nitrogen and oxygen atoms in total. The van der Waals surface area contributed by atoms with Gasteiger partial charge < -0.3 is 42.6 Å². The largest absolute Gasteiger partial charge is 0.480 e. The molecule has 0 aliphatic carbocycles. The summed E-state index contributed by atoms with van der Waals surface area (Å²) in [6.45, 7) is -0.320. The lowest BCUT2D eigenvalue weighted by atomic mass is 10.0. The predicted molar refractivity (Wildman–Crippen MR) is 146 cm³/mol. The molecular weight excluding hydrogens is 512 g/mol. The second-order valence-electron chi connectivity index (χ2n) is 8.94. The van der Waals surface area contributed by atoms with E-state index in [0.29, 0.717) is 31.6 Å². The summed E-state index contributed by atoms with van der Waals surface area (Å²) >= 11 is 1.52. The average molecular weight is 551 g/mol. The van der Waals surface area contributed by atoms with Crippen molar-refractivity contribution in [3.05, 3.63) is 36.0 Å². The molecule has 2 aromatic rings. The maximum absolute atomic E-state index is 13.3. The van der Waals surface area contributed by atoms with Crippen LogP contribution in [0.2, 0.25) is 0 Å². The number of H-pyrrole nitrogens is 1. The van der Waals surface area contributed by atoms with Crippen LogP contribution < -0.4 is 27.4 Å². The van der Waals surface area contributed by atoms with Gasteiger partial charge in [-0.15, -0.1) is 0 Å². The summed E-state index contributed by atoms with van der Waals surface area (Å²) < 4.78 is 0. The molecule has 0 fully saturated rings. The zero-order valence-electron chi connectivity index (χ0n) is 21.4. The van der Waals surface area contributed by atoms with Crippen molar-refractivity contribution in [3.63, 3.8) is 0 Å². The lowest BCUT2D eigenvalue weighted by molar-refractivity contribution is -0.142. The smallest absolute Gasteiger partial charge is 0.326 e. The molecule has 0 spiro atoms. The maximum Gasteiger partial charge on any atom is 0.326 e. The number of rotatable bonds is 17. The van der Waals surface area contributed by atoms with Gasteiger partial charge in [0, 0.05) is 23.5 Å². The molecular formula is C25H38N6O6S. The molecule has 2 rings (SSSR count). The van der Waals surface area contributed by atoms with Crippen LogP contribution in [0.25, 0.3) is 10.9 Å². The first-order valence-corrected chi connectivity index (χ1v) is 13.9. The molecule has 210 valence electrons. The summed E-state index contributed by atoms with van der Waals surface area (Å²) in [5.41, 5.74) is 12.9. The van der Waals surface area contributed by atoms with E-state index < -0.39 is 54.5 Å². The Labute approximate surface area is 225 Å². The molecule has 1 aromatic heterocycles. The fourth-order valence-electron chi connectivity index (χ4n) is 3.87. The molecule has 0 radical (unpaired) electrons. The lowest BCUT2D eigenvalue weighted by Crippen LogP contribution is -2.58. The number of fused-ring (bicyclic) bond motifs is 1.